The van der Waals surface area contributed by atoms with Crippen LogP contribution in [0.15, 0.2) is 22.6 Å². The molecule has 1 aromatic heterocycles. The molecule has 0 bridgehead atoms. The number of benzene rings is 1. The second-order valence-corrected chi connectivity index (χ2v) is 4.87. The Morgan fingerprint density at radius 2 is 2.25 bits per heavy atom. The fourth-order valence-electron chi connectivity index (χ4n) is 2.19. The average Bonchev–Trinajstić information content (AvgIpc) is 2.93. The van der Waals surface area contributed by atoms with Crippen molar-refractivity contribution in [2.45, 2.75) is 26.2 Å². The van der Waals surface area contributed by atoms with Crippen LogP contribution >= 0.6 is 0 Å². The number of hydrogen-bond acceptors (Lipinski definition) is 3. The Morgan fingerprint density at radius 3 is 2.94 bits per heavy atom. The van der Waals surface area contributed by atoms with Gasteiger partial charge in [-0.2, -0.15) is 0 Å². The second kappa shape index (κ2) is 3.32. The first-order valence-corrected chi connectivity index (χ1v) is 5.68. The maximum Gasteiger partial charge on any atom is 0.192 e. The summed E-state index contributed by atoms with van der Waals surface area (Å²) in [6.45, 7) is 2.15. The molecule has 0 spiro atoms. The third-order valence-electron chi connectivity index (χ3n) is 3.43. The summed E-state index contributed by atoms with van der Waals surface area (Å²) in [6, 6.07) is 6.12. The van der Waals surface area contributed by atoms with Crippen molar-refractivity contribution in [1.29, 1.82) is 0 Å². The number of aliphatic hydroxyl groups excluding tert-OH is 1. The van der Waals surface area contributed by atoms with Crippen molar-refractivity contribution in [3.63, 3.8) is 0 Å². The highest BCUT2D eigenvalue weighted by molar-refractivity contribution is 5.73. The maximum absolute atomic E-state index is 9.30. The fourth-order valence-corrected chi connectivity index (χ4v) is 2.19. The van der Waals surface area contributed by atoms with Gasteiger partial charge in [-0.25, -0.2) is 4.98 Å². The monoisotopic (exact) mass is 217 g/mol. The quantitative estimate of drug-likeness (QED) is 0.859. The van der Waals surface area contributed by atoms with Crippen LogP contribution in [-0.4, -0.2) is 16.7 Å². The van der Waals surface area contributed by atoms with Gasteiger partial charge in [0, 0.05) is 13.5 Å². The van der Waals surface area contributed by atoms with Crippen LogP contribution in [0.5, 0.6) is 0 Å². The van der Waals surface area contributed by atoms with Crippen LogP contribution in [0.3, 0.4) is 0 Å². The molecular formula is C13H15NO2. The van der Waals surface area contributed by atoms with Crippen molar-refractivity contribution in [2.24, 2.45) is 5.41 Å². The van der Waals surface area contributed by atoms with Gasteiger partial charge >= 0.3 is 0 Å². The van der Waals surface area contributed by atoms with Crippen molar-refractivity contribution in [2.75, 3.05) is 6.61 Å². The number of nitrogens with zero attached hydrogens (tertiary/aromatic N) is 1. The number of oxazole rings is 1. The Kier molecular flexibility index (Phi) is 2.04. The molecule has 3 nitrogen and oxygen atoms in total. The zero-order valence-electron chi connectivity index (χ0n) is 9.36. The zero-order valence-corrected chi connectivity index (χ0v) is 9.36. The van der Waals surface area contributed by atoms with Crippen molar-refractivity contribution < 1.29 is 9.52 Å². The number of rotatable bonds is 3. The predicted octanol–water partition coefficient (Wildman–Crippen LogP) is 2.45. The molecule has 1 N–H and O–H groups in total. The molecule has 0 saturated heterocycles. The van der Waals surface area contributed by atoms with Crippen LogP contribution in [0.1, 0.15) is 24.3 Å². The Hall–Kier alpha value is -1.35. The lowest BCUT2D eigenvalue weighted by molar-refractivity contribution is 0.211. The van der Waals surface area contributed by atoms with E-state index in [0.717, 1.165) is 30.4 Å². The van der Waals surface area contributed by atoms with Crippen molar-refractivity contribution in [1.82, 2.24) is 4.98 Å². The van der Waals surface area contributed by atoms with Crippen molar-refractivity contribution in [3.05, 3.63) is 29.7 Å². The van der Waals surface area contributed by atoms with Gasteiger partial charge in [0.25, 0.3) is 0 Å². The molecule has 2 aromatic rings. The zero-order chi connectivity index (χ0) is 11.2. The average molecular weight is 217 g/mol. The van der Waals surface area contributed by atoms with Gasteiger partial charge in [0.1, 0.15) is 5.52 Å². The van der Waals surface area contributed by atoms with Crippen LogP contribution in [0.25, 0.3) is 11.1 Å². The number of aryl methyl sites for hydroxylation is 1. The van der Waals surface area contributed by atoms with E-state index in [-0.39, 0.29) is 5.41 Å². The molecule has 1 saturated carbocycles. The molecule has 3 heteroatoms. The molecular weight excluding hydrogens is 202 g/mol. The Morgan fingerprint density at radius 1 is 1.44 bits per heavy atom. The highest BCUT2D eigenvalue weighted by Gasteiger charge is 2.41. The molecule has 3 rings (SSSR count). The Labute approximate surface area is 94.1 Å². The first-order chi connectivity index (χ1) is 7.71. The molecule has 1 aromatic carbocycles. The van der Waals surface area contributed by atoms with Crippen LogP contribution in [-0.2, 0) is 6.42 Å². The van der Waals surface area contributed by atoms with Gasteiger partial charge in [-0.1, -0.05) is 6.07 Å². The van der Waals surface area contributed by atoms with E-state index in [0.29, 0.717) is 12.5 Å². The van der Waals surface area contributed by atoms with E-state index in [1.165, 1.54) is 5.56 Å². The molecule has 0 radical (unpaired) electrons. The van der Waals surface area contributed by atoms with Crippen LogP contribution in [0.4, 0.5) is 0 Å². The van der Waals surface area contributed by atoms with E-state index in [1.54, 1.807) is 0 Å². The first-order valence-electron chi connectivity index (χ1n) is 5.68. The molecule has 84 valence electrons. The summed E-state index contributed by atoms with van der Waals surface area (Å²) in [6.07, 6.45) is 3.22. The largest absolute Gasteiger partial charge is 0.441 e. The van der Waals surface area contributed by atoms with Gasteiger partial charge < -0.3 is 9.52 Å². The lowest BCUT2D eigenvalue weighted by atomic mass is 9.97. The van der Waals surface area contributed by atoms with E-state index in [1.807, 2.05) is 19.1 Å². The second-order valence-electron chi connectivity index (χ2n) is 4.87. The summed E-state index contributed by atoms with van der Waals surface area (Å²) in [5.41, 5.74) is 3.15. The Balaban J connectivity index is 1.92. The van der Waals surface area contributed by atoms with Gasteiger partial charge in [-0.3, -0.25) is 0 Å². The smallest absolute Gasteiger partial charge is 0.192 e. The molecule has 0 amide bonds. The van der Waals surface area contributed by atoms with Gasteiger partial charge in [0.15, 0.2) is 11.5 Å². The molecule has 1 fully saturated rings. The van der Waals surface area contributed by atoms with E-state index in [9.17, 15) is 5.11 Å². The highest BCUT2D eigenvalue weighted by Crippen LogP contribution is 2.47. The van der Waals surface area contributed by atoms with Crippen LogP contribution in [0.2, 0.25) is 0 Å². The normalized spacial score (nSPS) is 17.9. The van der Waals surface area contributed by atoms with E-state index >= 15 is 0 Å². The molecule has 1 heterocycles. The van der Waals surface area contributed by atoms with Gasteiger partial charge in [0.05, 0.1) is 0 Å². The van der Waals surface area contributed by atoms with E-state index in [2.05, 4.69) is 11.1 Å². The lowest BCUT2D eigenvalue weighted by Gasteiger charge is -2.10. The molecule has 1 aliphatic rings. The van der Waals surface area contributed by atoms with Gasteiger partial charge in [-0.05, 0) is 42.4 Å². The van der Waals surface area contributed by atoms with Crippen molar-refractivity contribution in [3.8, 4) is 0 Å². The van der Waals surface area contributed by atoms with Gasteiger partial charge in [-0.15, -0.1) is 0 Å². The fraction of sp³-hybridized carbons (Fsp3) is 0.462. The minimum absolute atomic E-state index is 0.155. The predicted molar refractivity (Wildman–Crippen MR) is 61.2 cm³/mol. The summed E-state index contributed by atoms with van der Waals surface area (Å²) >= 11 is 0. The number of aliphatic hydroxyl groups is 1. The maximum atomic E-state index is 9.30. The number of fused-ring (bicyclic) bond motifs is 1. The molecule has 0 aliphatic heterocycles. The summed E-state index contributed by atoms with van der Waals surface area (Å²) in [7, 11) is 0. The standard InChI is InChI=1S/C13H15NO2/c1-9-14-11-3-2-10(6-12(11)16-9)7-13(8-15)4-5-13/h2-3,6,15H,4-5,7-8H2,1H3. The topological polar surface area (TPSA) is 46.3 Å². The Bertz CT molecular complexity index is 526. The SMILES string of the molecule is Cc1nc2ccc(CC3(CO)CC3)cc2o1. The lowest BCUT2D eigenvalue weighted by Crippen LogP contribution is -2.09. The minimum Gasteiger partial charge on any atom is -0.441 e. The summed E-state index contributed by atoms with van der Waals surface area (Å²) in [4.78, 5) is 4.27. The highest BCUT2D eigenvalue weighted by atomic mass is 16.3. The first kappa shape index (κ1) is 9.85. The molecule has 1 aliphatic carbocycles. The third-order valence-corrected chi connectivity index (χ3v) is 3.43. The number of aromatic nitrogens is 1. The van der Waals surface area contributed by atoms with Crippen molar-refractivity contribution >= 4 is 11.1 Å². The van der Waals surface area contributed by atoms with Gasteiger partial charge in [0.2, 0.25) is 0 Å². The number of hydrogen-bond donors (Lipinski definition) is 1. The summed E-state index contributed by atoms with van der Waals surface area (Å²) in [5.74, 6) is 0.704. The third kappa shape index (κ3) is 1.61. The summed E-state index contributed by atoms with van der Waals surface area (Å²) in [5, 5.41) is 9.30. The molecule has 0 atom stereocenters. The minimum atomic E-state index is 0.155. The molecule has 16 heavy (non-hydrogen) atoms. The molecule has 0 unspecified atom stereocenters. The van der Waals surface area contributed by atoms with E-state index < -0.39 is 0 Å². The van der Waals surface area contributed by atoms with Crippen LogP contribution in [0, 0.1) is 12.3 Å². The summed E-state index contributed by atoms with van der Waals surface area (Å²) < 4.78 is 5.50. The van der Waals surface area contributed by atoms with Crippen LogP contribution < -0.4 is 0 Å². The van der Waals surface area contributed by atoms with E-state index in [4.69, 9.17) is 4.42 Å².